The predicted octanol–water partition coefficient (Wildman–Crippen LogP) is 2.69. The van der Waals surface area contributed by atoms with Crippen molar-refractivity contribution >= 4 is 21.6 Å². The van der Waals surface area contributed by atoms with Crippen molar-refractivity contribution in [2.45, 2.75) is 27.2 Å². The molecule has 0 unspecified atom stereocenters. The summed E-state index contributed by atoms with van der Waals surface area (Å²) in [6.07, 6.45) is 2.72. The Morgan fingerprint density at radius 3 is 2.89 bits per heavy atom. The minimum absolute atomic E-state index is 0.639. The molecule has 0 saturated carbocycles. The fraction of sp³-hybridized carbons (Fsp3) is 0.538. The van der Waals surface area contributed by atoms with Crippen LogP contribution in [0.2, 0.25) is 0 Å². The van der Waals surface area contributed by atoms with Crippen LogP contribution in [-0.2, 0) is 0 Å². The van der Waals surface area contributed by atoms with Gasteiger partial charge < -0.3 is 10.1 Å². The van der Waals surface area contributed by atoms with Gasteiger partial charge in [-0.2, -0.15) is 0 Å². The monoisotopic (exact) mass is 265 g/mol. The number of ether oxygens (including phenoxy) is 1. The molecule has 0 aliphatic heterocycles. The van der Waals surface area contributed by atoms with Crippen molar-refractivity contribution in [3.05, 3.63) is 16.8 Å². The largest absolute Gasteiger partial charge is 0.476 e. The van der Waals surface area contributed by atoms with E-state index in [-0.39, 0.29) is 0 Å². The highest BCUT2D eigenvalue weighted by atomic mass is 32.1. The molecule has 5 heteroatoms. The van der Waals surface area contributed by atoms with Crippen LogP contribution in [0.5, 0.6) is 5.88 Å². The summed E-state index contributed by atoms with van der Waals surface area (Å²) in [5.74, 6) is 0.708. The maximum atomic E-state index is 5.75. The molecule has 2 aromatic rings. The van der Waals surface area contributed by atoms with Crippen molar-refractivity contribution in [2.24, 2.45) is 0 Å². The molecule has 0 atom stereocenters. The van der Waals surface area contributed by atoms with Crippen LogP contribution in [0.1, 0.15) is 23.8 Å². The lowest BCUT2D eigenvalue weighted by atomic mass is 10.2. The van der Waals surface area contributed by atoms with E-state index in [1.54, 1.807) is 17.7 Å². The topological polar surface area (TPSA) is 47.0 Å². The van der Waals surface area contributed by atoms with Crippen LogP contribution in [0.4, 0.5) is 0 Å². The first kappa shape index (κ1) is 13.2. The van der Waals surface area contributed by atoms with Crippen molar-refractivity contribution in [3.8, 4) is 5.88 Å². The van der Waals surface area contributed by atoms with Crippen molar-refractivity contribution in [2.75, 3.05) is 19.7 Å². The lowest BCUT2D eigenvalue weighted by Crippen LogP contribution is -2.21. The average Bonchev–Trinajstić information content (AvgIpc) is 2.66. The number of nitrogens with zero attached hydrogens (tertiary/aromatic N) is 2. The van der Waals surface area contributed by atoms with E-state index in [0.29, 0.717) is 12.5 Å². The summed E-state index contributed by atoms with van der Waals surface area (Å²) >= 11 is 1.69. The lowest BCUT2D eigenvalue weighted by molar-refractivity contribution is 0.306. The molecule has 1 N–H and O–H groups in total. The summed E-state index contributed by atoms with van der Waals surface area (Å²) in [5, 5.41) is 4.37. The first-order valence-corrected chi connectivity index (χ1v) is 7.10. The molecule has 0 spiro atoms. The number of thiophene rings is 1. The van der Waals surface area contributed by atoms with E-state index in [0.717, 1.165) is 29.7 Å². The van der Waals surface area contributed by atoms with E-state index >= 15 is 0 Å². The van der Waals surface area contributed by atoms with E-state index in [9.17, 15) is 0 Å². The quantitative estimate of drug-likeness (QED) is 0.816. The number of rotatable bonds is 6. The van der Waals surface area contributed by atoms with E-state index in [1.165, 1.54) is 10.4 Å². The van der Waals surface area contributed by atoms with Gasteiger partial charge in [-0.25, -0.2) is 9.97 Å². The van der Waals surface area contributed by atoms with Crippen molar-refractivity contribution in [1.29, 1.82) is 0 Å². The second-order valence-electron chi connectivity index (χ2n) is 4.24. The maximum Gasteiger partial charge on any atom is 0.225 e. The van der Waals surface area contributed by atoms with Gasteiger partial charge in [0.15, 0.2) is 0 Å². The molecule has 0 saturated heterocycles. The van der Waals surface area contributed by atoms with Gasteiger partial charge in [0.1, 0.15) is 17.8 Å². The predicted molar refractivity (Wildman–Crippen MR) is 75.5 cm³/mol. The standard InChI is InChI=1S/C13H19N3OS/c1-4-5-14-6-7-17-12-11-9(2)10(3)18-13(11)16-8-15-12/h8,14H,4-7H2,1-3H3. The Balaban J connectivity index is 2.08. The summed E-state index contributed by atoms with van der Waals surface area (Å²) < 4.78 is 5.75. The van der Waals surface area contributed by atoms with Crippen LogP contribution in [0, 0.1) is 13.8 Å². The first-order chi connectivity index (χ1) is 8.74. The summed E-state index contributed by atoms with van der Waals surface area (Å²) in [6, 6.07) is 0. The molecule has 4 nitrogen and oxygen atoms in total. The maximum absolute atomic E-state index is 5.75. The Morgan fingerprint density at radius 2 is 2.11 bits per heavy atom. The number of aryl methyl sites for hydroxylation is 2. The molecule has 0 aliphatic carbocycles. The summed E-state index contributed by atoms with van der Waals surface area (Å²) in [6.45, 7) is 8.87. The van der Waals surface area contributed by atoms with Gasteiger partial charge in [0.05, 0.1) is 5.39 Å². The molecule has 2 rings (SSSR count). The van der Waals surface area contributed by atoms with Crippen molar-refractivity contribution in [3.63, 3.8) is 0 Å². The third-order valence-electron chi connectivity index (χ3n) is 2.87. The smallest absolute Gasteiger partial charge is 0.225 e. The lowest BCUT2D eigenvalue weighted by Gasteiger charge is -2.07. The number of hydrogen-bond acceptors (Lipinski definition) is 5. The van der Waals surface area contributed by atoms with Crippen LogP contribution in [0.3, 0.4) is 0 Å². The van der Waals surface area contributed by atoms with Gasteiger partial charge in [-0.05, 0) is 32.4 Å². The number of fused-ring (bicyclic) bond motifs is 1. The van der Waals surface area contributed by atoms with Gasteiger partial charge in [-0.3, -0.25) is 0 Å². The van der Waals surface area contributed by atoms with Crippen LogP contribution in [-0.4, -0.2) is 29.7 Å². The first-order valence-electron chi connectivity index (χ1n) is 6.28. The summed E-state index contributed by atoms with van der Waals surface area (Å²) in [7, 11) is 0. The molecule has 0 amide bonds. The highest BCUT2D eigenvalue weighted by molar-refractivity contribution is 7.18. The zero-order valence-electron chi connectivity index (χ0n) is 11.1. The van der Waals surface area contributed by atoms with Crippen molar-refractivity contribution < 1.29 is 4.74 Å². The van der Waals surface area contributed by atoms with Crippen LogP contribution in [0.25, 0.3) is 10.2 Å². The molecule has 0 aliphatic rings. The Labute approximate surface area is 111 Å². The van der Waals surface area contributed by atoms with Crippen LogP contribution in [0.15, 0.2) is 6.33 Å². The highest BCUT2D eigenvalue weighted by Crippen LogP contribution is 2.33. The Bertz CT molecular complexity index is 524. The second-order valence-corrected chi connectivity index (χ2v) is 5.44. The Kier molecular flexibility index (Phi) is 4.49. The molecule has 0 aromatic carbocycles. The molecule has 18 heavy (non-hydrogen) atoms. The van der Waals surface area contributed by atoms with Gasteiger partial charge in [0, 0.05) is 11.4 Å². The normalized spacial score (nSPS) is 11.1. The second kappa shape index (κ2) is 6.11. The highest BCUT2D eigenvalue weighted by Gasteiger charge is 2.12. The molecule has 2 heterocycles. The number of hydrogen-bond donors (Lipinski definition) is 1. The molecule has 0 bridgehead atoms. The molecule has 0 fully saturated rings. The molecule has 2 aromatic heterocycles. The van der Waals surface area contributed by atoms with Gasteiger partial charge in [-0.1, -0.05) is 6.92 Å². The fourth-order valence-corrected chi connectivity index (χ4v) is 2.77. The SMILES string of the molecule is CCCNCCOc1ncnc2sc(C)c(C)c12. The van der Waals surface area contributed by atoms with Gasteiger partial charge in [0.25, 0.3) is 0 Å². The van der Waals surface area contributed by atoms with E-state index in [4.69, 9.17) is 4.74 Å². The van der Waals surface area contributed by atoms with Crippen LogP contribution >= 0.6 is 11.3 Å². The molecule has 98 valence electrons. The molecular weight excluding hydrogens is 246 g/mol. The van der Waals surface area contributed by atoms with Gasteiger partial charge >= 0.3 is 0 Å². The van der Waals surface area contributed by atoms with E-state index in [1.807, 2.05) is 0 Å². The number of nitrogens with one attached hydrogen (secondary N) is 1. The van der Waals surface area contributed by atoms with E-state index in [2.05, 4.69) is 36.1 Å². The van der Waals surface area contributed by atoms with Crippen LogP contribution < -0.4 is 10.1 Å². The zero-order chi connectivity index (χ0) is 13.0. The summed E-state index contributed by atoms with van der Waals surface area (Å²) in [5.41, 5.74) is 1.23. The van der Waals surface area contributed by atoms with Crippen molar-refractivity contribution in [1.82, 2.24) is 15.3 Å². The van der Waals surface area contributed by atoms with E-state index < -0.39 is 0 Å². The van der Waals surface area contributed by atoms with Gasteiger partial charge in [0.2, 0.25) is 5.88 Å². The minimum atomic E-state index is 0.639. The number of aromatic nitrogens is 2. The average molecular weight is 265 g/mol. The Morgan fingerprint density at radius 1 is 1.28 bits per heavy atom. The zero-order valence-corrected chi connectivity index (χ0v) is 11.9. The third-order valence-corrected chi connectivity index (χ3v) is 3.99. The third kappa shape index (κ3) is 2.79. The van der Waals surface area contributed by atoms with Gasteiger partial charge in [-0.15, -0.1) is 11.3 Å². The minimum Gasteiger partial charge on any atom is -0.476 e. The Hall–Kier alpha value is -1.20. The fourth-order valence-electron chi connectivity index (χ4n) is 1.78. The molecule has 0 radical (unpaired) electrons. The summed E-state index contributed by atoms with van der Waals surface area (Å²) in [4.78, 5) is 10.8. The molecular formula is C13H19N3OS.